The first kappa shape index (κ1) is 14.1. The highest BCUT2D eigenvalue weighted by molar-refractivity contribution is 5.94. The summed E-state index contributed by atoms with van der Waals surface area (Å²) < 4.78 is 1.93. The zero-order chi connectivity index (χ0) is 14.5. The van der Waals surface area contributed by atoms with Crippen LogP contribution in [0.25, 0.3) is 0 Å². The minimum absolute atomic E-state index is 0.0822. The highest BCUT2D eigenvalue weighted by Crippen LogP contribution is 2.13. The van der Waals surface area contributed by atoms with Gasteiger partial charge in [-0.05, 0) is 32.0 Å². The maximum absolute atomic E-state index is 11.6. The number of amides is 1. The third-order valence-electron chi connectivity index (χ3n) is 3.03. The quantitative estimate of drug-likeness (QED) is 0.879. The van der Waals surface area contributed by atoms with Gasteiger partial charge in [-0.2, -0.15) is 5.10 Å². The van der Waals surface area contributed by atoms with Crippen molar-refractivity contribution in [2.45, 2.75) is 26.4 Å². The molecular formula is C15H20N4O. The van der Waals surface area contributed by atoms with Gasteiger partial charge in [-0.1, -0.05) is 6.07 Å². The molecular weight excluding hydrogens is 252 g/mol. The molecule has 2 rings (SSSR count). The van der Waals surface area contributed by atoms with E-state index >= 15 is 0 Å². The first-order valence-electron chi connectivity index (χ1n) is 6.69. The lowest BCUT2D eigenvalue weighted by molar-refractivity contribution is 0.0963. The van der Waals surface area contributed by atoms with Crippen LogP contribution >= 0.6 is 0 Å². The molecule has 20 heavy (non-hydrogen) atoms. The van der Waals surface area contributed by atoms with Crippen molar-refractivity contribution >= 4 is 11.6 Å². The molecule has 1 aromatic heterocycles. The highest BCUT2D eigenvalue weighted by atomic mass is 16.1. The first-order valence-corrected chi connectivity index (χ1v) is 6.69. The van der Waals surface area contributed by atoms with Crippen molar-refractivity contribution in [2.24, 2.45) is 0 Å². The Labute approximate surface area is 119 Å². The van der Waals surface area contributed by atoms with Gasteiger partial charge in [-0.25, -0.2) is 0 Å². The van der Waals surface area contributed by atoms with Crippen molar-refractivity contribution < 1.29 is 4.79 Å². The van der Waals surface area contributed by atoms with Gasteiger partial charge in [0.1, 0.15) is 0 Å². The minimum Gasteiger partial charge on any atom is -0.381 e. The summed E-state index contributed by atoms with van der Waals surface area (Å²) in [6, 6.07) is 7.80. The van der Waals surface area contributed by atoms with E-state index in [4.69, 9.17) is 0 Å². The smallest absolute Gasteiger partial charge is 0.251 e. The van der Waals surface area contributed by atoms with Crippen LogP contribution in [-0.2, 0) is 6.54 Å². The molecule has 1 aromatic carbocycles. The number of aromatic nitrogens is 2. The summed E-state index contributed by atoms with van der Waals surface area (Å²) in [6.45, 7) is 4.87. The van der Waals surface area contributed by atoms with Crippen molar-refractivity contribution in [3.63, 3.8) is 0 Å². The molecule has 0 spiro atoms. The zero-order valence-corrected chi connectivity index (χ0v) is 12.1. The second-order valence-electron chi connectivity index (χ2n) is 4.94. The Kier molecular flexibility index (Phi) is 4.40. The number of nitrogens with one attached hydrogen (secondary N) is 2. The van der Waals surface area contributed by atoms with Crippen LogP contribution in [0.5, 0.6) is 0 Å². The highest BCUT2D eigenvalue weighted by Gasteiger charge is 2.04. The zero-order valence-electron chi connectivity index (χ0n) is 12.1. The molecule has 0 unspecified atom stereocenters. The second kappa shape index (κ2) is 6.23. The Morgan fingerprint density at radius 2 is 2.20 bits per heavy atom. The standard InChI is InChI=1S/C15H20N4O/c1-11(2)19-10-12(9-18-19)8-17-14-6-4-5-13(7-14)15(20)16-3/h4-7,9-11,17H,8H2,1-3H3,(H,16,20). The predicted molar refractivity (Wildman–Crippen MR) is 79.8 cm³/mol. The van der Waals surface area contributed by atoms with Crippen molar-refractivity contribution in [3.05, 3.63) is 47.8 Å². The van der Waals surface area contributed by atoms with Gasteiger partial charge in [0.25, 0.3) is 5.91 Å². The number of nitrogens with zero attached hydrogens (tertiary/aromatic N) is 2. The van der Waals surface area contributed by atoms with Gasteiger partial charge in [0.15, 0.2) is 0 Å². The van der Waals surface area contributed by atoms with E-state index in [1.807, 2.05) is 35.3 Å². The third kappa shape index (κ3) is 3.38. The molecule has 0 aliphatic heterocycles. The average molecular weight is 272 g/mol. The lowest BCUT2D eigenvalue weighted by Gasteiger charge is -2.07. The fraction of sp³-hybridized carbons (Fsp3) is 0.333. The molecule has 106 valence electrons. The SMILES string of the molecule is CNC(=O)c1cccc(NCc2cnn(C(C)C)c2)c1. The number of hydrogen-bond donors (Lipinski definition) is 2. The van der Waals surface area contributed by atoms with Crippen LogP contribution in [0, 0.1) is 0 Å². The monoisotopic (exact) mass is 272 g/mol. The number of rotatable bonds is 5. The third-order valence-corrected chi connectivity index (χ3v) is 3.03. The number of benzene rings is 1. The van der Waals surface area contributed by atoms with Crippen molar-refractivity contribution in [1.29, 1.82) is 0 Å². The normalized spacial score (nSPS) is 10.6. The maximum atomic E-state index is 11.6. The Balaban J connectivity index is 2.01. The lowest BCUT2D eigenvalue weighted by Crippen LogP contribution is -2.17. The molecule has 2 N–H and O–H groups in total. The molecule has 1 amide bonds. The van der Waals surface area contributed by atoms with Crippen LogP contribution in [0.15, 0.2) is 36.7 Å². The van der Waals surface area contributed by atoms with E-state index in [0.29, 0.717) is 18.2 Å². The summed E-state index contributed by atoms with van der Waals surface area (Å²) in [5.74, 6) is -0.0822. The minimum atomic E-state index is -0.0822. The maximum Gasteiger partial charge on any atom is 0.251 e. The van der Waals surface area contributed by atoms with Gasteiger partial charge in [-0.15, -0.1) is 0 Å². The summed E-state index contributed by atoms with van der Waals surface area (Å²) in [7, 11) is 1.63. The van der Waals surface area contributed by atoms with Crippen molar-refractivity contribution in [2.75, 3.05) is 12.4 Å². The van der Waals surface area contributed by atoms with Crippen LogP contribution in [0.1, 0.15) is 35.8 Å². The summed E-state index contributed by atoms with van der Waals surface area (Å²) >= 11 is 0. The molecule has 0 aliphatic rings. The Bertz CT molecular complexity index is 589. The number of anilines is 1. The Morgan fingerprint density at radius 1 is 1.40 bits per heavy atom. The largest absolute Gasteiger partial charge is 0.381 e. The topological polar surface area (TPSA) is 59.0 Å². The fourth-order valence-corrected chi connectivity index (χ4v) is 1.87. The molecule has 5 heteroatoms. The van der Waals surface area contributed by atoms with E-state index in [9.17, 15) is 4.79 Å². The molecule has 0 fully saturated rings. The molecule has 0 saturated heterocycles. The summed E-state index contributed by atoms with van der Waals surface area (Å²) in [5, 5.41) is 10.2. The Hall–Kier alpha value is -2.30. The number of carbonyl (C=O) groups excluding carboxylic acids is 1. The van der Waals surface area contributed by atoms with Crippen molar-refractivity contribution in [1.82, 2.24) is 15.1 Å². The number of carbonyl (C=O) groups is 1. The molecule has 0 saturated carbocycles. The van der Waals surface area contributed by atoms with Crippen molar-refractivity contribution in [3.8, 4) is 0 Å². The van der Waals surface area contributed by atoms with Crippen LogP contribution < -0.4 is 10.6 Å². The fourth-order valence-electron chi connectivity index (χ4n) is 1.87. The Morgan fingerprint density at radius 3 is 2.85 bits per heavy atom. The average Bonchev–Trinajstić information content (AvgIpc) is 2.93. The molecule has 0 aliphatic carbocycles. The summed E-state index contributed by atoms with van der Waals surface area (Å²) in [4.78, 5) is 11.6. The van der Waals surface area contributed by atoms with Crippen LogP contribution in [0.3, 0.4) is 0 Å². The van der Waals surface area contributed by atoms with E-state index in [0.717, 1.165) is 11.3 Å². The number of hydrogen-bond acceptors (Lipinski definition) is 3. The lowest BCUT2D eigenvalue weighted by atomic mass is 10.2. The summed E-state index contributed by atoms with van der Waals surface area (Å²) in [5.41, 5.74) is 2.68. The van der Waals surface area contributed by atoms with E-state index in [-0.39, 0.29) is 5.91 Å². The molecule has 0 atom stereocenters. The summed E-state index contributed by atoms with van der Waals surface area (Å²) in [6.07, 6.45) is 3.88. The molecule has 5 nitrogen and oxygen atoms in total. The first-order chi connectivity index (χ1) is 9.60. The van der Waals surface area contributed by atoms with Crippen LogP contribution in [0.2, 0.25) is 0 Å². The van der Waals surface area contributed by atoms with Crippen LogP contribution in [0.4, 0.5) is 5.69 Å². The van der Waals surface area contributed by atoms with Gasteiger partial charge in [0, 0.05) is 42.6 Å². The van der Waals surface area contributed by atoms with Gasteiger partial charge < -0.3 is 10.6 Å². The van der Waals surface area contributed by atoms with E-state index in [1.54, 1.807) is 13.1 Å². The second-order valence-corrected chi connectivity index (χ2v) is 4.94. The van der Waals surface area contributed by atoms with Gasteiger partial charge in [0.2, 0.25) is 0 Å². The van der Waals surface area contributed by atoms with E-state index in [1.165, 1.54) is 0 Å². The molecule has 1 heterocycles. The van der Waals surface area contributed by atoms with Gasteiger partial charge in [-0.3, -0.25) is 9.48 Å². The van der Waals surface area contributed by atoms with Gasteiger partial charge >= 0.3 is 0 Å². The molecule has 0 radical (unpaired) electrons. The van der Waals surface area contributed by atoms with E-state index < -0.39 is 0 Å². The van der Waals surface area contributed by atoms with E-state index in [2.05, 4.69) is 29.6 Å². The molecule has 2 aromatic rings. The molecule has 0 bridgehead atoms. The van der Waals surface area contributed by atoms with Gasteiger partial charge in [0.05, 0.1) is 6.20 Å². The predicted octanol–water partition coefficient (Wildman–Crippen LogP) is 2.44. The van der Waals surface area contributed by atoms with Crippen LogP contribution in [-0.4, -0.2) is 22.7 Å².